The average Bonchev–Trinajstić information content (AvgIpc) is 2.81. The van der Waals surface area contributed by atoms with Crippen LogP contribution < -0.4 is 5.73 Å². The molecule has 1 atom stereocenters. The topological polar surface area (TPSA) is 39.2 Å². The number of rotatable bonds is 4. The Morgan fingerprint density at radius 1 is 1.29 bits per heavy atom. The van der Waals surface area contributed by atoms with E-state index >= 15 is 0 Å². The minimum absolute atomic E-state index is 0.150. The summed E-state index contributed by atoms with van der Waals surface area (Å²) in [6.07, 6.45) is 2.46. The fourth-order valence-electron chi connectivity index (χ4n) is 1.95. The van der Waals surface area contributed by atoms with Crippen LogP contribution in [0.4, 0.5) is 0 Å². The fraction of sp³-hybridized carbons (Fsp3) is 0.286. The SMILES string of the molecule is CC(CN)(Cc1ccco1)c1cccc(Cl)c1. The molecule has 1 heterocycles. The van der Waals surface area contributed by atoms with Crippen LogP contribution in [0.5, 0.6) is 0 Å². The average molecular weight is 250 g/mol. The summed E-state index contributed by atoms with van der Waals surface area (Å²) in [6, 6.07) is 11.7. The van der Waals surface area contributed by atoms with E-state index in [0.717, 1.165) is 22.8 Å². The van der Waals surface area contributed by atoms with Gasteiger partial charge in [0.05, 0.1) is 6.26 Å². The van der Waals surface area contributed by atoms with Gasteiger partial charge in [-0.1, -0.05) is 30.7 Å². The lowest BCUT2D eigenvalue weighted by atomic mass is 9.79. The van der Waals surface area contributed by atoms with Crippen LogP contribution in [0, 0.1) is 0 Å². The van der Waals surface area contributed by atoms with Gasteiger partial charge in [0.2, 0.25) is 0 Å². The Bertz CT molecular complexity index is 481. The second-order valence-corrected chi connectivity index (χ2v) is 4.97. The minimum atomic E-state index is -0.150. The summed E-state index contributed by atoms with van der Waals surface area (Å²) in [4.78, 5) is 0. The summed E-state index contributed by atoms with van der Waals surface area (Å²) in [5, 5.41) is 0.738. The molecule has 0 spiro atoms. The first-order valence-corrected chi connectivity index (χ1v) is 6.00. The number of nitrogens with two attached hydrogens (primary N) is 1. The Kier molecular flexibility index (Phi) is 3.55. The van der Waals surface area contributed by atoms with Crippen LogP contribution in [0.2, 0.25) is 5.02 Å². The molecule has 0 aliphatic heterocycles. The first kappa shape index (κ1) is 12.2. The lowest BCUT2D eigenvalue weighted by Gasteiger charge is -2.27. The minimum Gasteiger partial charge on any atom is -0.469 e. The molecule has 2 aromatic rings. The summed E-state index contributed by atoms with van der Waals surface area (Å²) in [5.74, 6) is 0.943. The van der Waals surface area contributed by atoms with Crippen molar-refractivity contribution in [2.75, 3.05) is 6.54 Å². The van der Waals surface area contributed by atoms with Gasteiger partial charge >= 0.3 is 0 Å². The lowest BCUT2D eigenvalue weighted by molar-refractivity contribution is 0.412. The predicted molar refractivity (Wildman–Crippen MR) is 70.3 cm³/mol. The first-order chi connectivity index (χ1) is 8.14. The molecule has 0 aliphatic carbocycles. The van der Waals surface area contributed by atoms with Crippen LogP contribution in [-0.2, 0) is 11.8 Å². The van der Waals surface area contributed by atoms with Crippen LogP contribution in [0.25, 0.3) is 0 Å². The van der Waals surface area contributed by atoms with Gasteiger partial charge in [-0.3, -0.25) is 0 Å². The van der Waals surface area contributed by atoms with E-state index in [1.54, 1.807) is 6.26 Å². The van der Waals surface area contributed by atoms with Crippen molar-refractivity contribution in [1.29, 1.82) is 0 Å². The molecule has 1 aromatic carbocycles. The Labute approximate surface area is 106 Å². The second kappa shape index (κ2) is 4.94. The maximum Gasteiger partial charge on any atom is 0.104 e. The molecular weight excluding hydrogens is 234 g/mol. The molecule has 0 saturated carbocycles. The quantitative estimate of drug-likeness (QED) is 0.902. The summed E-state index contributed by atoms with van der Waals surface area (Å²) < 4.78 is 5.39. The molecule has 0 bridgehead atoms. The number of hydrogen-bond donors (Lipinski definition) is 1. The van der Waals surface area contributed by atoms with E-state index in [2.05, 4.69) is 13.0 Å². The Morgan fingerprint density at radius 2 is 2.12 bits per heavy atom. The van der Waals surface area contributed by atoms with Crippen molar-refractivity contribution in [1.82, 2.24) is 0 Å². The van der Waals surface area contributed by atoms with Gasteiger partial charge in [-0.05, 0) is 29.8 Å². The molecule has 0 fully saturated rings. The van der Waals surface area contributed by atoms with Crippen LogP contribution in [0.3, 0.4) is 0 Å². The summed E-state index contributed by atoms with van der Waals surface area (Å²) in [7, 11) is 0. The molecule has 2 nitrogen and oxygen atoms in total. The molecule has 1 aromatic heterocycles. The van der Waals surface area contributed by atoms with Crippen molar-refractivity contribution >= 4 is 11.6 Å². The summed E-state index contributed by atoms with van der Waals surface area (Å²) in [5.41, 5.74) is 6.91. The van der Waals surface area contributed by atoms with Crippen molar-refractivity contribution < 1.29 is 4.42 Å². The lowest BCUT2D eigenvalue weighted by Crippen LogP contribution is -2.34. The van der Waals surface area contributed by atoms with E-state index in [1.807, 2.05) is 30.3 Å². The Morgan fingerprint density at radius 3 is 2.71 bits per heavy atom. The molecule has 0 amide bonds. The van der Waals surface area contributed by atoms with Crippen molar-refractivity contribution in [2.24, 2.45) is 5.73 Å². The van der Waals surface area contributed by atoms with Gasteiger partial charge in [-0.25, -0.2) is 0 Å². The number of benzene rings is 1. The monoisotopic (exact) mass is 249 g/mol. The highest BCUT2D eigenvalue weighted by Crippen LogP contribution is 2.29. The van der Waals surface area contributed by atoms with E-state index in [0.29, 0.717) is 6.54 Å². The summed E-state index contributed by atoms with van der Waals surface area (Å²) in [6.45, 7) is 2.68. The maximum absolute atomic E-state index is 6.03. The van der Waals surface area contributed by atoms with Crippen LogP contribution in [0.1, 0.15) is 18.2 Å². The van der Waals surface area contributed by atoms with E-state index < -0.39 is 0 Å². The first-order valence-electron chi connectivity index (χ1n) is 5.62. The normalized spacial score (nSPS) is 14.5. The molecule has 1 unspecified atom stereocenters. The third-order valence-electron chi connectivity index (χ3n) is 3.12. The van der Waals surface area contributed by atoms with Crippen molar-refractivity contribution in [3.63, 3.8) is 0 Å². The molecule has 2 rings (SSSR count). The second-order valence-electron chi connectivity index (χ2n) is 4.53. The van der Waals surface area contributed by atoms with Gasteiger partial charge in [0.25, 0.3) is 0 Å². The molecule has 3 heteroatoms. The molecule has 2 N–H and O–H groups in total. The van der Waals surface area contributed by atoms with Crippen molar-refractivity contribution in [3.05, 3.63) is 59.0 Å². The van der Waals surface area contributed by atoms with Gasteiger partial charge in [-0.15, -0.1) is 0 Å². The summed E-state index contributed by atoms with van der Waals surface area (Å²) >= 11 is 6.03. The molecule has 0 saturated heterocycles. The highest BCUT2D eigenvalue weighted by Gasteiger charge is 2.26. The molecular formula is C14H16ClNO. The molecule has 0 radical (unpaired) electrons. The zero-order chi connectivity index (χ0) is 12.3. The molecule has 17 heavy (non-hydrogen) atoms. The zero-order valence-electron chi connectivity index (χ0n) is 9.82. The smallest absolute Gasteiger partial charge is 0.104 e. The number of furan rings is 1. The van der Waals surface area contributed by atoms with Crippen molar-refractivity contribution in [2.45, 2.75) is 18.8 Å². The van der Waals surface area contributed by atoms with Crippen LogP contribution in [0.15, 0.2) is 47.1 Å². The van der Waals surface area contributed by atoms with E-state index in [1.165, 1.54) is 0 Å². The van der Waals surface area contributed by atoms with E-state index in [-0.39, 0.29) is 5.41 Å². The van der Waals surface area contributed by atoms with Crippen molar-refractivity contribution in [3.8, 4) is 0 Å². The van der Waals surface area contributed by atoms with E-state index in [9.17, 15) is 0 Å². The highest BCUT2D eigenvalue weighted by molar-refractivity contribution is 6.30. The van der Waals surface area contributed by atoms with Gasteiger partial charge in [-0.2, -0.15) is 0 Å². The Balaban J connectivity index is 2.30. The third-order valence-corrected chi connectivity index (χ3v) is 3.35. The standard InChI is InChI=1S/C14H16ClNO/c1-14(10-16,9-13-6-3-7-17-13)11-4-2-5-12(15)8-11/h2-8H,9-10,16H2,1H3. The Hall–Kier alpha value is -1.25. The van der Waals surface area contributed by atoms with Gasteiger partial charge < -0.3 is 10.2 Å². The third kappa shape index (κ3) is 2.71. The number of halogens is 1. The maximum atomic E-state index is 6.03. The zero-order valence-corrected chi connectivity index (χ0v) is 10.6. The molecule has 0 aliphatic rings. The fourth-order valence-corrected chi connectivity index (χ4v) is 2.14. The van der Waals surface area contributed by atoms with Gasteiger partial charge in [0.1, 0.15) is 5.76 Å². The largest absolute Gasteiger partial charge is 0.469 e. The molecule has 90 valence electrons. The highest BCUT2D eigenvalue weighted by atomic mass is 35.5. The predicted octanol–water partition coefficient (Wildman–Crippen LogP) is 3.39. The number of hydrogen-bond acceptors (Lipinski definition) is 2. The van der Waals surface area contributed by atoms with Crippen LogP contribution >= 0.6 is 11.6 Å². The van der Waals surface area contributed by atoms with Crippen LogP contribution in [-0.4, -0.2) is 6.54 Å². The van der Waals surface area contributed by atoms with Gasteiger partial charge in [0.15, 0.2) is 0 Å². The van der Waals surface area contributed by atoms with Gasteiger partial charge in [0, 0.05) is 23.4 Å². The van der Waals surface area contributed by atoms with E-state index in [4.69, 9.17) is 21.8 Å².